The fourth-order valence-electron chi connectivity index (χ4n) is 3.35. The summed E-state index contributed by atoms with van der Waals surface area (Å²) in [5.74, 6) is 1.27. The van der Waals surface area contributed by atoms with Gasteiger partial charge in [0.1, 0.15) is 5.82 Å². The summed E-state index contributed by atoms with van der Waals surface area (Å²) < 4.78 is 13.0. The van der Waals surface area contributed by atoms with Crippen LogP contribution < -0.4 is 15.5 Å². The summed E-state index contributed by atoms with van der Waals surface area (Å²) in [6.07, 6.45) is 4.59. The number of anilines is 1. The number of guanidine groups is 1. The van der Waals surface area contributed by atoms with Gasteiger partial charge in [-0.25, -0.2) is 14.4 Å². The largest absolute Gasteiger partial charge is 0.357 e. The summed E-state index contributed by atoms with van der Waals surface area (Å²) in [5.41, 5.74) is 1.06. The zero-order chi connectivity index (χ0) is 21.9. The van der Waals surface area contributed by atoms with E-state index in [0.29, 0.717) is 44.5 Å². The number of nitrogens with zero attached hydrogens (tertiary/aromatic N) is 5. The van der Waals surface area contributed by atoms with Gasteiger partial charge in [-0.15, -0.1) is 0 Å². The molecule has 1 saturated heterocycles. The number of halogens is 1. The zero-order valence-corrected chi connectivity index (χ0v) is 17.9. The lowest BCUT2D eigenvalue weighted by molar-refractivity contribution is -0.131. The van der Waals surface area contributed by atoms with Crippen molar-refractivity contribution in [1.82, 2.24) is 25.5 Å². The van der Waals surface area contributed by atoms with Crippen molar-refractivity contribution in [1.29, 1.82) is 0 Å². The smallest absolute Gasteiger partial charge is 0.225 e. The summed E-state index contributed by atoms with van der Waals surface area (Å²) in [6.45, 7) is 6.62. The highest BCUT2D eigenvalue weighted by atomic mass is 19.1. The number of aliphatic imine (C=N–C) groups is 1. The van der Waals surface area contributed by atoms with Crippen molar-refractivity contribution in [3.63, 3.8) is 0 Å². The van der Waals surface area contributed by atoms with Crippen molar-refractivity contribution in [2.75, 3.05) is 50.7 Å². The number of hydrogen-bond donors (Lipinski definition) is 2. The summed E-state index contributed by atoms with van der Waals surface area (Å²) >= 11 is 0. The summed E-state index contributed by atoms with van der Waals surface area (Å²) in [7, 11) is 0. The zero-order valence-electron chi connectivity index (χ0n) is 17.9. The van der Waals surface area contributed by atoms with E-state index in [1.165, 1.54) is 12.1 Å². The number of nitrogens with one attached hydrogen (secondary N) is 2. The Morgan fingerprint density at radius 1 is 1.10 bits per heavy atom. The average molecular weight is 428 g/mol. The molecule has 3 rings (SSSR count). The minimum absolute atomic E-state index is 0.111. The van der Waals surface area contributed by atoms with Crippen LogP contribution in [0.15, 0.2) is 47.7 Å². The van der Waals surface area contributed by atoms with Gasteiger partial charge in [0, 0.05) is 58.1 Å². The van der Waals surface area contributed by atoms with E-state index in [2.05, 4.69) is 30.5 Å². The first-order valence-electron chi connectivity index (χ1n) is 10.7. The molecule has 0 bridgehead atoms. The molecule has 9 heteroatoms. The SMILES string of the molecule is CCNC(=NCCC(=O)N1CCN(c2ncccn2)CC1)NCCc1ccc(F)cc1. The van der Waals surface area contributed by atoms with Crippen molar-refractivity contribution in [2.24, 2.45) is 4.99 Å². The second-order valence-electron chi connectivity index (χ2n) is 7.23. The Morgan fingerprint density at radius 3 is 2.48 bits per heavy atom. The lowest BCUT2D eigenvalue weighted by Crippen LogP contribution is -2.49. The number of aromatic nitrogens is 2. The Hall–Kier alpha value is -3.23. The van der Waals surface area contributed by atoms with Gasteiger partial charge in [-0.1, -0.05) is 12.1 Å². The quantitative estimate of drug-likeness (QED) is 0.490. The Kier molecular flexibility index (Phi) is 8.57. The first kappa shape index (κ1) is 22.5. The molecule has 0 spiro atoms. The molecule has 1 aromatic carbocycles. The van der Waals surface area contributed by atoms with Crippen LogP contribution in [-0.4, -0.2) is 72.5 Å². The molecule has 0 unspecified atom stereocenters. The fourth-order valence-corrected chi connectivity index (χ4v) is 3.35. The molecule has 1 aromatic heterocycles. The first-order valence-corrected chi connectivity index (χ1v) is 10.7. The van der Waals surface area contributed by atoms with Crippen molar-refractivity contribution >= 4 is 17.8 Å². The molecule has 2 heterocycles. The van der Waals surface area contributed by atoms with E-state index in [1.807, 2.05) is 11.8 Å². The topological polar surface area (TPSA) is 85.8 Å². The van der Waals surface area contributed by atoms with Crippen LogP contribution in [0.2, 0.25) is 0 Å². The van der Waals surface area contributed by atoms with Crippen LogP contribution >= 0.6 is 0 Å². The number of piperazine rings is 1. The molecule has 0 atom stereocenters. The standard InChI is InChI=1S/C22H30FN7O/c1-2-24-21(25-12-8-18-4-6-19(23)7-5-18)26-13-9-20(31)29-14-16-30(17-15-29)22-27-10-3-11-28-22/h3-7,10-11H,2,8-9,12-17H2,1H3,(H2,24,25,26). The summed E-state index contributed by atoms with van der Waals surface area (Å²) in [5, 5.41) is 6.45. The minimum atomic E-state index is -0.230. The normalized spacial score (nSPS) is 14.5. The molecule has 0 aliphatic carbocycles. The van der Waals surface area contributed by atoms with Crippen LogP contribution in [-0.2, 0) is 11.2 Å². The van der Waals surface area contributed by atoms with Gasteiger partial charge in [0.05, 0.1) is 6.54 Å². The van der Waals surface area contributed by atoms with Gasteiger partial charge in [-0.05, 0) is 37.1 Å². The molecular formula is C22H30FN7O. The molecule has 2 N–H and O–H groups in total. The number of hydrogen-bond acceptors (Lipinski definition) is 5. The van der Waals surface area contributed by atoms with E-state index < -0.39 is 0 Å². The van der Waals surface area contributed by atoms with Gasteiger partial charge in [-0.3, -0.25) is 9.79 Å². The molecule has 1 aliphatic rings. The van der Waals surface area contributed by atoms with E-state index >= 15 is 0 Å². The predicted octanol–water partition coefficient (Wildman–Crippen LogP) is 1.45. The summed E-state index contributed by atoms with van der Waals surface area (Å²) in [4.78, 5) is 29.6. The Balaban J connectivity index is 1.39. The van der Waals surface area contributed by atoms with Crippen LogP contribution in [0.4, 0.5) is 10.3 Å². The van der Waals surface area contributed by atoms with Crippen molar-refractivity contribution < 1.29 is 9.18 Å². The Morgan fingerprint density at radius 2 is 1.81 bits per heavy atom. The van der Waals surface area contributed by atoms with Gasteiger partial charge in [0.2, 0.25) is 11.9 Å². The van der Waals surface area contributed by atoms with Crippen LogP contribution in [0.5, 0.6) is 0 Å². The molecule has 0 radical (unpaired) electrons. The fraction of sp³-hybridized carbons (Fsp3) is 0.455. The maximum atomic E-state index is 13.0. The molecule has 166 valence electrons. The maximum absolute atomic E-state index is 13.0. The number of amides is 1. The lowest BCUT2D eigenvalue weighted by Gasteiger charge is -2.34. The van der Waals surface area contributed by atoms with Crippen LogP contribution in [0.1, 0.15) is 18.9 Å². The number of rotatable bonds is 8. The van der Waals surface area contributed by atoms with Gasteiger partial charge in [0.25, 0.3) is 0 Å². The molecule has 31 heavy (non-hydrogen) atoms. The van der Waals surface area contributed by atoms with E-state index in [1.54, 1.807) is 30.6 Å². The molecule has 8 nitrogen and oxygen atoms in total. The number of carbonyl (C=O) groups excluding carboxylic acids is 1. The monoisotopic (exact) mass is 427 g/mol. The van der Waals surface area contributed by atoms with Crippen molar-refractivity contribution in [3.8, 4) is 0 Å². The van der Waals surface area contributed by atoms with E-state index in [4.69, 9.17) is 0 Å². The minimum Gasteiger partial charge on any atom is -0.357 e. The lowest BCUT2D eigenvalue weighted by atomic mass is 10.1. The molecule has 1 aliphatic heterocycles. The number of carbonyl (C=O) groups is 1. The second-order valence-corrected chi connectivity index (χ2v) is 7.23. The highest BCUT2D eigenvalue weighted by Gasteiger charge is 2.22. The molecule has 1 fully saturated rings. The predicted molar refractivity (Wildman–Crippen MR) is 120 cm³/mol. The third-order valence-corrected chi connectivity index (χ3v) is 5.03. The van der Waals surface area contributed by atoms with Gasteiger partial charge in [0.15, 0.2) is 5.96 Å². The van der Waals surface area contributed by atoms with Gasteiger partial charge in [-0.2, -0.15) is 0 Å². The second kappa shape index (κ2) is 11.8. The van der Waals surface area contributed by atoms with Gasteiger partial charge < -0.3 is 20.4 Å². The van der Waals surface area contributed by atoms with Crippen LogP contribution in [0, 0.1) is 5.82 Å². The Labute approximate surface area is 182 Å². The third kappa shape index (κ3) is 7.20. The van der Waals surface area contributed by atoms with E-state index in [9.17, 15) is 9.18 Å². The van der Waals surface area contributed by atoms with Gasteiger partial charge >= 0.3 is 0 Å². The van der Waals surface area contributed by atoms with Crippen LogP contribution in [0.3, 0.4) is 0 Å². The molecule has 0 saturated carbocycles. The highest BCUT2D eigenvalue weighted by molar-refractivity contribution is 5.81. The van der Waals surface area contributed by atoms with E-state index in [-0.39, 0.29) is 11.7 Å². The number of benzene rings is 1. The molecular weight excluding hydrogens is 397 g/mol. The maximum Gasteiger partial charge on any atom is 0.225 e. The third-order valence-electron chi connectivity index (χ3n) is 5.03. The van der Waals surface area contributed by atoms with Crippen molar-refractivity contribution in [3.05, 3.63) is 54.1 Å². The summed E-state index contributed by atoms with van der Waals surface area (Å²) in [6, 6.07) is 8.29. The van der Waals surface area contributed by atoms with Crippen LogP contribution in [0.25, 0.3) is 0 Å². The Bertz CT molecular complexity index is 837. The molecule has 1 amide bonds. The first-order chi connectivity index (χ1) is 15.2. The van der Waals surface area contributed by atoms with E-state index in [0.717, 1.165) is 31.6 Å². The highest BCUT2D eigenvalue weighted by Crippen LogP contribution is 2.10. The molecule has 2 aromatic rings. The van der Waals surface area contributed by atoms with Crippen molar-refractivity contribution in [2.45, 2.75) is 19.8 Å². The average Bonchev–Trinajstić information content (AvgIpc) is 2.81.